The molecule has 1 heterocycles. The van der Waals surface area contributed by atoms with Crippen LogP contribution in [-0.4, -0.2) is 24.7 Å². The zero-order valence-corrected chi connectivity index (χ0v) is 7.89. The van der Waals surface area contributed by atoms with Crippen molar-refractivity contribution < 1.29 is 9.90 Å². The fourth-order valence-corrected chi connectivity index (χ4v) is 1.84. The van der Waals surface area contributed by atoms with E-state index in [2.05, 4.69) is 0 Å². The average molecular weight is 185 g/mol. The topological polar surface area (TPSA) is 40.5 Å². The Hall–Kier alpha value is -0.870. The predicted molar refractivity (Wildman–Crippen MR) is 49.6 cm³/mol. The van der Waals surface area contributed by atoms with E-state index in [0.717, 1.165) is 10.6 Å². The molecule has 12 heavy (non-hydrogen) atoms. The van der Waals surface area contributed by atoms with Gasteiger partial charge in [0.05, 0.1) is 0 Å². The summed E-state index contributed by atoms with van der Waals surface area (Å²) in [6.45, 7) is 1.50. The lowest BCUT2D eigenvalue weighted by molar-refractivity contribution is -0.120. The van der Waals surface area contributed by atoms with Crippen molar-refractivity contribution >= 4 is 22.2 Å². The third-order valence-corrected chi connectivity index (χ3v) is 2.74. The van der Waals surface area contributed by atoms with Gasteiger partial charge in [-0.05, 0) is 23.9 Å². The molecule has 0 aliphatic heterocycles. The van der Waals surface area contributed by atoms with Gasteiger partial charge in [0, 0.05) is 7.05 Å². The second-order valence-electron chi connectivity index (χ2n) is 2.52. The lowest BCUT2D eigenvalue weighted by atomic mass is 10.3. The number of likely N-dealkylation sites (N-methyl/N-ethyl adjacent to an activating group) is 1. The number of aryl methyl sites for hydroxylation is 1. The largest absolute Gasteiger partial charge is 0.387 e. The van der Waals surface area contributed by atoms with Crippen LogP contribution >= 0.6 is 11.3 Å². The third kappa shape index (κ3) is 1.65. The molecule has 0 aromatic carbocycles. The van der Waals surface area contributed by atoms with E-state index in [9.17, 15) is 4.79 Å². The standard InChI is InChI=1S/C8H11NO2S/c1-6-3-4-12-8(6)9(2)7(11)5-10/h3-4,10H,5H2,1-2H3. The van der Waals surface area contributed by atoms with E-state index in [1.165, 1.54) is 16.2 Å². The Balaban J connectivity index is 2.84. The van der Waals surface area contributed by atoms with Crippen molar-refractivity contribution in [1.29, 1.82) is 0 Å². The van der Waals surface area contributed by atoms with Crippen molar-refractivity contribution in [1.82, 2.24) is 0 Å². The highest BCUT2D eigenvalue weighted by Crippen LogP contribution is 2.25. The van der Waals surface area contributed by atoms with Crippen LogP contribution in [0.2, 0.25) is 0 Å². The van der Waals surface area contributed by atoms with Gasteiger partial charge < -0.3 is 10.0 Å². The lowest BCUT2D eigenvalue weighted by Crippen LogP contribution is -2.28. The lowest BCUT2D eigenvalue weighted by Gasteiger charge is -2.14. The number of nitrogens with zero attached hydrogens (tertiary/aromatic N) is 1. The van der Waals surface area contributed by atoms with Gasteiger partial charge in [0.25, 0.3) is 5.91 Å². The summed E-state index contributed by atoms with van der Waals surface area (Å²) in [5.41, 5.74) is 1.06. The van der Waals surface area contributed by atoms with Crippen LogP contribution in [0.4, 0.5) is 5.00 Å². The molecule has 0 saturated carbocycles. The maximum Gasteiger partial charge on any atom is 0.253 e. The van der Waals surface area contributed by atoms with Gasteiger partial charge in [-0.3, -0.25) is 4.79 Å². The van der Waals surface area contributed by atoms with Crippen LogP contribution in [0, 0.1) is 6.92 Å². The van der Waals surface area contributed by atoms with Crippen LogP contribution in [0.5, 0.6) is 0 Å². The van der Waals surface area contributed by atoms with Crippen LogP contribution in [0.1, 0.15) is 5.56 Å². The SMILES string of the molecule is Cc1ccsc1N(C)C(=O)CO. The van der Waals surface area contributed by atoms with Crippen LogP contribution in [0.15, 0.2) is 11.4 Å². The van der Waals surface area contributed by atoms with Gasteiger partial charge in [0.2, 0.25) is 0 Å². The minimum atomic E-state index is -0.437. The Bertz CT molecular complexity index is 282. The monoisotopic (exact) mass is 185 g/mol. The van der Waals surface area contributed by atoms with Crippen molar-refractivity contribution in [2.75, 3.05) is 18.6 Å². The molecule has 0 unspecified atom stereocenters. The second-order valence-corrected chi connectivity index (χ2v) is 3.41. The summed E-state index contributed by atoms with van der Waals surface area (Å²) in [7, 11) is 1.66. The minimum absolute atomic E-state index is 0.277. The fraction of sp³-hybridized carbons (Fsp3) is 0.375. The summed E-state index contributed by atoms with van der Waals surface area (Å²) >= 11 is 1.50. The first-order valence-corrected chi connectivity index (χ1v) is 4.46. The molecule has 1 rings (SSSR count). The Morgan fingerprint density at radius 1 is 1.75 bits per heavy atom. The molecule has 4 heteroatoms. The van der Waals surface area contributed by atoms with Crippen molar-refractivity contribution in [3.8, 4) is 0 Å². The number of hydrogen-bond donors (Lipinski definition) is 1. The van der Waals surface area contributed by atoms with Crippen molar-refractivity contribution in [3.63, 3.8) is 0 Å². The maximum absolute atomic E-state index is 11.0. The number of carbonyl (C=O) groups excluding carboxylic acids is 1. The highest BCUT2D eigenvalue weighted by atomic mass is 32.1. The minimum Gasteiger partial charge on any atom is -0.387 e. The van der Waals surface area contributed by atoms with Crippen LogP contribution in [0.3, 0.4) is 0 Å². The summed E-state index contributed by atoms with van der Waals surface area (Å²) in [6.07, 6.45) is 0. The fourth-order valence-electron chi connectivity index (χ4n) is 0.928. The average Bonchev–Trinajstić information content (AvgIpc) is 2.48. The molecule has 3 nitrogen and oxygen atoms in total. The summed E-state index contributed by atoms with van der Waals surface area (Å²) in [6, 6.07) is 1.95. The molecule has 1 aromatic rings. The predicted octanol–water partition coefficient (Wildman–Crippen LogP) is 1.01. The Labute approximate surface area is 75.2 Å². The molecule has 0 radical (unpaired) electrons. The maximum atomic E-state index is 11.0. The quantitative estimate of drug-likeness (QED) is 0.747. The molecule has 0 aliphatic carbocycles. The first-order chi connectivity index (χ1) is 5.66. The van der Waals surface area contributed by atoms with Crippen LogP contribution in [0.25, 0.3) is 0 Å². The van der Waals surface area contributed by atoms with E-state index in [4.69, 9.17) is 5.11 Å². The van der Waals surface area contributed by atoms with Crippen LogP contribution in [-0.2, 0) is 4.79 Å². The zero-order chi connectivity index (χ0) is 9.14. The molecule has 66 valence electrons. The van der Waals surface area contributed by atoms with Crippen molar-refractivity contribution in [2.24, 2.45) is 0 Å². The third-order valence-electron chi connectivity index (χ3n) is 1.65. The molecule has 1 aromatic heterocycles. The molecule has 0 saturated heterocycles. The number of amides is 1. The number of hydrogen-bond acceptors (Lipinski definition) is 3. The van der Waals surface area contributed by atoms with E-state index in [1.807, 2.05) is 18.4 Å². The van der Waals surface area contributed by atoms with E-state index in [-0.39, 0.29) is 5.91 Å². The summed E-state index contributed by atoms with van der Waals surface area (Å²) < 4.78 is 0. The zero-order valence-electron chi connectivity index (χ0n) is 7.07. The highest BCUT2D eigenvalue weighted by Gasteiger charge is 2.12. The molecular weight excluding hydrogens is 174 g/mol. The van der Waals surface area contributed by atoms with Gasteiger partial charge in [0.1, 0.15) is 11.6 Å². The number of aliphatic hydroxyl groups is 1. The molecule has 1 N–H and O–H groups in total. The molecule has 0 atom stereocenters. The highest BCUT2D eigenvalue weighted by molar-refractivity contribution is 7.14. The van der Waals surface area contributed by atoms with E-state index < -0.39 is 6.61 Å². The second kappa shape index (κ2) is 3.69. The van der Waals surface area contributed by atoms with Crippen molar-refractivity contribution in [3.05, 3.63) is 17.0 Å². The number of thiophene rings is 1. The summed E-state index contributed by atoms with van der Waals surface area (Å²) in [5, 5.41) is 11.4. The van der Waals surface area contributed by atoms with Crippen molar-refractivity contribution in [2.45, 2.75) is 6.92 Å². The molecule has 0 spiro atoms. The van der Waals surface area contributed by atoms with Gasteiger partial charge in [-0.15, -0.1) is 11.3 Å². The normalized spacial score (nSPS) is 9.92. The van der Waals surface area contributed by atoms with E-state index >= 15 is 0 Å². The Kier molecular flexibility index (Phi) is 2.83. The van der Waals surface area contributed by atoms with Gasteiger partial charge in [-0.25, -0.2) is 0 Å². The number of rotatable bonds is 2. The van der Waals surface area contributed by atoms with Gasteiger partial charge in [0.15, 0.2) is 0 Å². The molecule has 1 amide bonds. The first-order valence-electron chi connectivity index (χ1n) is 3.58. The summed E-state index contributed by atoms with van der Waals surface area (Å²) in [4.78, 5) is 12.5. The number of anilines is 1. The van der Waals surface area contributed by atoms with Crippen LogP contribution < -0.4 is 4.90 Å². The van der Waals surface area contributed by atoms with E-state index in [1.54, 1.807) is 7.05 Å². The molecule has 0 aliphatic rings. The number of aliphatic hydroxyl groups excluding tert-OH is 1. The van der Waals surface area contributed by atoms with Gasteiger partial charge >= 0.3 is 0 Å². The molecule has 0 bridgehead atoms. The Morgan fingerprint density at radius 3 is 2.83 bits per heavy atom. The van der Waals surface area contributed by atoms with Gasteiger partial charge in [-0.1, -0.05) is 0 Å². The Morgan fingerprint density at radius 2 is 2.42 bits per heavy atom. The smallest absolute Gasteiger partial charge is 0.253 e. The number of carbonyl (C=O) groups is 1. The molecular formula is C8H11NO2S. The van der Waals surface area contributed by atoms with E-state index in [0.29, 0.717) is 0 Å². The molecule has 0 fully saturated rings. The van der Waals surface area contributed by atoms with Gasteiger partial charge in [-0.2, -0.15) is 0 Å². The first kappa shape index (κ1) is 9.22. The summed E-state index contributed by atoms with van der Waals surface area (Å²) in [5.74, 6) is -0.277.